The Morgan fingerprint density at radius 1 is 1.22 bits per heavy atom. The van der Waals surface area contributed by atoms with Crippen molar-refractivity contribution in [3.8, 4) is 0 Å². The van der Waals surface area contributed by atoms with Gasteiger partial charge in [-0.1, -0.05) is 18.2 Å². The van der Waals surface area contributed by atoms with Crippen molar-refractivity contribution in [3.63, 3.8) is 0 Å². The van der Waals surface area contributed by atoms with Gasteiger partial charge in [0.1, 0.15) is 11.2 Å². The maximum absolute atomic E-state index is 13.3. The standard InChI is InChI=1S/C21H21F3N2O5S/c1-2-31-19(28)12-18-26(13-17(27)25-7-9-30-10-8-25)20(29)16(32-18)11-14-5-3-4-6-15(14)21(22,23)24/h3-6,11-12H,2,7-10,13H2,1H3/b16-11-,18-12-. The Kier molecular flexibility index (Phi) is 7.52. The number of hydrogen-bond donors (Lipinski definition) is 0. The molecule has 0 unspecified atom stereocenters. The van der Waals surface area contributed by atoms with Crippen molar-refractivity contribution in [1.29, 1.82) is 0 Å². The van der Waals surface area contributed by atoms with Gasteiger partial charge in [-0.3, -0.25) is 14.2 Å². The Morgan fingerprint density at radius 2 is 1.91 bits per heavy atom. The quantitative estimate of drug-likeness (QED) is 0.609. The van der Waals surface area contributed by atoms with Crippen LogP contribution in [0, 0.1) is 0 Å². The van der Waals surface area contributed by atoms with Crippen LogP contribution < -0.4 is 14.8 Å². The molecule has 11 heteroatoms. The maximum Gasteiger partial charge on any atom is 0.416 e. The molecule has 2 aromatic rings. The molecule has 1 aliphatic heterocycles. The first kappa shape index (κ1) is 23.7. The molecule has 1 aliphatic rings. The minimum Gasteiger partial charge on any atom is -0.463 e. The normalized spacial score (nSPS) is 15.8. The van der Waals surface area contributed by atoms with Crippen molar-refractivity contribution in [2.45, 2.75) is 19.6 Å². The average molecular weight is 470 g/mol. The van der Waals surface area contributed by atoms with Crippen molar-refractivity contribution in [2.24, 2.45) is 0 Å². The fraction of sp³-hybridized carbons (Fsp3) is 0.381. The monoisotopic (exact) mass is 470 g/mol. The summed E-state index contributed by atoms with van der Waals surface area (Å²) in [6, 6.07) is 4.86. The summed E-state index contributed by atoms with van der Waals surface area (Å²) in [6.07, 6.45) is -2.42. The van der Waals surface area contributed by atoms with Crippen LogP contribution in [0.15, 0.2) is 29.1 Å². The van der Waals surface area contributed by atoms with E-state index in [1.54, 1.807) is 6.92 Å². The van der Waals surface area contributed by atoms with Gasteiger partial charge in [0.2, 0.25) is 5.91 Å². The van der Waals surface area contributed by atoms with E-state index in [0.29, 0.717) is 26.3 Å². The molecule has 0 atom stereocenters. The minimum absolute atomic E-state index is 0.0352. The van der Waals surface area contributed by atoms with Gasteiger partial charge in [-0.25, -0.2) is 4.79 Å². The maximum atomic E-state index is 13.3. The number of amides is 1. The van der Waals surface area contributed by atoms with E-state index in [9.17, 15) is 27.6 Å². The highest BCUT2D eigenvalue weighted by Crippen LogP contribution is 2.32. The highest BCUT2D eigenvalue weighted by atomic mass is 32.1. The van der Waals surface area contributed by atoms with Gasteiger partial charge in [0.05, 0.1) is 36.0 Å². The molecular formula is C21H21F3N2O5S. The van der Waals surface area contributed by atoms with E-state index >= 15 is 0 Å². The molecule has 2 heterocycles. The first-order valence-electron chi connectivity index (χ1n) is 9.82. The molecule has 0 aliphatic carbocycles. The van der Waals surface area contributed by atoms with E-state index in [0.717, 1.165) is 34.1 Å². The van der Waals surface area contributed by atoms with Crippen molar-refractivity contribution >= 4 is 35.4 Å². The van der Waals surface area contributed by atoms with Crippen LogP contribution in [0.2, 0.25) is 0 Å². The fourth-order valence-electron chi connectivity index (χ4n) is 3.15. The van der Waals surface area contributed by atoms with E-state index in [-0.39, 0.29) is 33.8 Å². The van der Waals surface area contributed by atoms with Crippen molar-refractivity contribution in [2.75, 3.05) is 32.9 Å². The zero-order chi connectivity index (χ0) is 23.3. The number of benzene rings is 1. The number of carbonyl (C=O) groups excluding carboxylic acids is 2. The molecule has 32 heavy (non-hydrogen) atoms. The van der Waals surface area contributed by atoms with Gasteiger partial charge >= 0.3 is 12.1 Å². The number of esters is 1. The van der Waals surface area contributed by atoms with Crippen LogP contribution in [0.25, 0.3) is 12.2 Å². The summed E-state index contributed by atoms with van der Waals surface area (Å²) in [6.45, 7) is 2.85. The van der Waals surface area contributed by atoms with Crippen molar-refractivity contribution in [3.05, 3.63) is 54.9 Å². The first-order chi connectivity index (χ1) is 15.2. The number of aromatic nitrogens is 1. The molecule has 0 spiro atoms. The van der Waals surface area contributed by atoms with E-state index < -0.39 is 23.3 Å². The van der Waals surface area contributed by atoms with Crippen molar-refractivity contribution in [1.82, 2.24) is 9.47 Å². The predicted molar refractivity (Wildman–Crippen MR) is 111 cm³/mol. The first-order valence-corrected chi connectivity index (χ1v) is 10.6. The van der Waals surface area contributed by atoms with E-state index in [4.69, 9.17) is 9.47 Å². The number of carbonyl (C=O) groups is 2. The summed E-state index contributed by atoms with van der Waals surface area (Å²) in [4.78, 5) is 39.2. The van der Waals surface area contributed by atoms with Gasteiger partial charge in [-0.2, -0.15) is 13.2 Å². The van der Waals surface area contributed by atoms with Gasteiger partial charge in [0.15, 0.2) is 0 Å². The second kappa shape index (κ2) is 10.1. The molecule has 0 N–H and O–H groups in total. The highest BCUT2D eigenvalue weighted by Gasteiger charge is 2.32. The van der Waals surface area contributed by atoms with Crippen LogP contribution >= 0.6 is 11.3 Å². The Bertz CT molecular complexity index is 1160. The molecule has 0 bridgehead atoms. The zero-order valence-electron chi connectivity index (χ0n) is 17.2. The lowest BCUT2D eigenvalue weighted by Gasteiger charge is -2.26. The second-order valence-corrected chi connectivity index (χ2v) is 7.88. The molecule has 172 valence electrons. The Balaban J connectivity index is 2.10. The lowest BCUT2D eigenvalue weighted by molar-refractivity contribution is -0.138. The van der Waals surface area contributed by atoms with Gasteiger partial charge < -0.3 is 14.4 Å². The summed E-state index contributed by atoms with van der Waals surface area (Å²) < 4.78 is 51.3. The van der Waals surface area contributed by atoms with Crippen LogP contribution in [0.4, 0.5) is 13.2 Å². The molecule has 1 fully saturated rings. The molecule has 0 radical (unpaired) electrons. The van der Waals surface area contributed by atoms with E-state index in [1.807, 2.05) is 0 Å². The molecule has 1 saturated heterocycles. The third-order valence-electron chi connectivity index (χ3n) is 4.67. The molecule has 1 amide bonds. The Morgan fingerprint density at radius 3 is 2.56 bits per heavy atom. The third kappa shape index (κ3) is 5.65. The predicted octanol–water partition coefficient (Wildman–Crippen LogP) is 0.960. The summed E-state index contributed by atoms with van der Waals surface area (Å²) in [5.41, 5.74) is -1.74. The van der Waals surface area contributed by atoms with Gasteiger partial charge in [-0.15, -0.1) is 11.3 Å². The topological polar surface area (TPSA) is 77.8 Å². The lowest BCUT2D eigenvalue weighted by atomic mass is 10.1. The number of halogens is 3. The molecule has 3 rings (SSSR count). The molecule has 0 saturated carbocycles. The summed E-state index contributed by atoms with van der Waals surface area (Å²) >= 11 is 0.819. The number of rotatable bonds is 5. The van der Waals surface area contributed by atoms with E-state index in [2.05, 4.69) is 0 Å². The molecule has 1 aromatic carbocycles. The molecule has 1 aromatic heterocycles. The number of hydrogen-bond acceptors (Lipinski definition) is 6. The van der Waals surface area contributed by atoms with Crippen LogP contribution in [0.5, 0.6) is 0 Å². The zero-order valence-corrected chi connectivity index (χ0v) is 18.0. The number of morpholine rings is 1. The lowest BCUT2D eigenvalue weighted by Crippen LogP contribution is -2.45. The van der Waals surface area contributed by atoms with Gasteiger partial charge in [-0.05, 0) is 24.6 Å². The largest absolute Gasteiger partial charge is 0.463 e. The minimum atomic E-state index is -4.60. The van der Waals surface area contributed by atoms with Gasteiger partial charge in [0, 0.05) is 13.1 Å². The third-order valence-corrected chi connectivity index (χ3v) is 5.73. The Labute approximate surface area is 185 Å². The SMILES string of the molecule is CCOC(=O)/C=c1\s/c(=C\c2ccccc2C(F)(F)F)c(=O)n1CC(=O)N1CCOCC1. The average Bonchev–Trinajstić information content (AvgIpc) is 3.03. The molecular weight excluding hydrogens is 449 g/mol. The number of ether oxygens (including phenoxy) is 2. The van der Waals surface area contributed by atoms with E-state index in [1.165, 1.54) is 23.1 Å². The Hall–Kier alpha value is -2.92. The summed E-state index contributed by atoms with van der Waals surface area (Å²) in [5.74, 6) is -1.07. The summed E-state index contributed by atoms with van der Waals surface area (Å²) in [7, 11) is 0. The number of alkyl halides is 3. The van der Waals surface area contributed by atoms with Crippen LogP contribution in [-0.2, 0) is 31.8 Å². The molecule has 7 nitrogen and oxygen atoms in total. The second-order valence-electron chi connectivity index (χ2n) is 6.81. The van der Waals surface area contributed by atoms with Crippen LogP contribution in [0.3, 0.4) is 0 Å². The van der Waals surface area contributed by atoms with Crippen LogP contribution in [0.1, 0.15) is 18.1 Å². The van der Waals surface area contributed by atoms with Crippen LogP contribution in [-0.4, -0.2) is 54.3 Å². The highest BCUT2D eigenvalue weighted by molar-refractivity contribution is 7.07. The van der Waals surface area contributed by atoms with Gasteiger partial charge in [0.25, 0.3) is 5.56 Å². The van der Waals surface area contributed by atoms with Crippen molar-refractivity contribution < 1.29 is 32.2 Å². The number of nitrogens with zero attached hydrogens (tertiary/aromatic N) is 2. The smallest absolute Gasteiger partial charge is 0.416 e. The fourth-order valence-corrected chi connectivity index (χ4v) is 4.17. The number of thiazole rings is 1. The summed E-state index contributed by atoms with van der Waals surface area (Å²) in [5, 5.41) is 0.